The van der Waals surface area contributed by atoms with Gasteiger partial charge in [0.25, 0.3) is 0 Å². The van der Waals surface area contributed by atoms with Crippen molar-refractivity contribution in [1.82, 2.24) is 9.78 Å². The minimum atomic E-state index is 0.574. The molecule has 2 aromatic rings. The van der Waals surface area contributed by atoms with Crippen LogP contribution in [0, 0.1) is 20.0 Å². The minimum absolute atomic E-state index is 0.574. The van der Waals surface area contributed by atoms with E-state index in [9.17, 15) is 0 Å². The molecule has 3 heteroatoms. The van der Waals surface area contributed by atoms with Gasteiger partial charge in [0.05, 0.1) is 6.20 Å². The highest BCUT2D eigenvalue weighted by Gasteiger charge is 2.03. The van der Waals surface area contributed by atoms with Crippen molar-refractivity contribution in [2.24, 2.45) is 7.05 Å². The minimum Gasteiger partial charge on any atom is -0.437 e. The Morgan fingerprint density at radius 1 is 1.33 bits per heavy atom. The van der Waals surface area contributed by atoms with Crippen LogP contribution < -0.4 is 4.74 Å². The van der Waals surface area contributed by atoms with Gasteiger partial charge in [0, 0.05) is 13.1 Å². The number of nitrogens with zero attached hydrogens (tertiary/aromatic N) is 2. The Kier molecular flexibility index (Phi) is 2.46. The van der Waals surface area contributed by atoms with E-state index in [0.717, 1.165) is 11.3 Å². The smallest absolute Gasteiger partial charge is 0.238 e. The van der Waals surface area contributed by atoms with Gasteiger partial charge in [-0.25, -0.2) is 0 Å². The van der Waals surface area contributed by atoms with Crippen molar-refractivity contribution in [3.63, 3.8) is 0 Å². The molecule has 1 aromatic carbocycles. The van der Waals surface area contributed by atoms with Gasteiger partial charge in [-0.2, -0.15) is 0 Å². The maximum absolute atomic E-state index is 5.62. The third kappa shape index (κ3) is 2.18. The summed E-state index contributed by atoms with van der Waals surface area (Å²) in [6, 6.07) is 7.79. The average Bonchev–Trinajstić information content (AvgIpc) is 2.56. The highest BCUT2D eigenvalue weighted by atomic mass is 16.5. The van der Waals surface area contributed by atoms with Crippen LogP contribution in [-0.4, -0.2) is 9.78 Å². The maximum atomic E-state index is 5.62. The van der Waals surface area contributed by atoms with Crippen LogP contribution in [0.2, 0.25) is 0 Å². The zero-order valence-corrected chi connectivity index (χ0v) is 9.11. The van der Waals surface area contributed by atoms with E-state index in [0.29, 0.717) is 5.88 Å². The molecule has 1 aromatic heterocycles. The molecule has 1 radical (unpaired) electrons. The zero-order valence-electron chi connectivity index (χ0n) is 9.11. The van der Waals surface area contributed by atoms with Crippen LogP contribution in [0.4, 0.5) is 0 Å². The number of hydrogen-bond acceptors (Lipinski definition) is 2. The highest BCUT2D eigenvalue weighted by Crippen LogP contribution is 2.23. The van der Waals surface area contributed by atoms with Gasteiger partial charge in [-0.05, 0) is 25.5 Å². The summed E-state index contributed by atoms with van der Waals surface area (Å²) in [6.45, 7) is 4.08. The molecule has 0 spiro atoms. The van der Waals surface area contributed by atoms with E-state index >= 15 is 0 Å². The lowest BCUT2D eigenvalue weighted by Crippen LogP contribution is -1.91. The fourth-order valence-corrected chi connectivity index (χ4v) is 1.43. The van der Waals surface area contributed by atoms with E-state index in [1.165, 1.54) is 5.56 Å². The van der Waals surface area contributed by atoms with Gasteiger partial charge in [0.1, 0.15) is 5.75 Å². The molecule has 0 fully saturated rings. The van der Waals surface area contributed by atoms with Crippen molar-refractivity contribution in [3.8, 4) is 11.6 Å². The first kappa shape index (κ1) is 9.77. The van der Waals surface area contributed by atoms with E-state index in [1.807, 2.05) is 26.1 Å². The van der Waals surface area contributed by atoms with Crippen molar-refractivity contribution in [3.05, 3.63) is 41.6 Å². The fourth-order valence-electron chi connectivity index (χ4n) is 1.43. The Morgan fingerprint density at radius 2 is 2.13 bits per heavy atom. The second-order valence-corrected chi connectivity index (χ2v) is 3.61. The molecule has 0 atom stereocenters. The molecule has 0 aliphatic carbocycles. The Bertz CT molecular complexity index is 474. The van der Waals surface area contributed by atoms with Crippen molar-refractivity contribution in [2.45, 2.75) is 13.8 Å². The summed E-state index contributed by atoms with van der Waals surface area (Å²) in [5.74, 6) is 1.41. The molecule has 0 aliphatic heterocycles. The number of aromatic nitrogens is 2. The Balaban J connectivity index is 2.24. The molecule has 15 heavy (non-hydrogen) atoms. The van der Waals surface area contributed by atoms with Crippen molar-refractivity contribution in [2.75, 3.05) is 0 Å². The largest absolute Gasteiger partial charge is 0.437 e. The molecule has 2 rings (SSSR count). The SMILES string of the molecule is Cc1ccc(Oc2c[c]n(C)n2)c(C)c1. The molecule has 0 unspecified atom stereocenters. The lowest BCUT2D eigenvalue weighted by molar-refractivity contribution is 0.450. The van der Waals surface area contributed by atoms with Gasteiger partial charge in [-0.3, -0.25) is 4.68 Å². The third-order valence-corrected chi connectivity index (χ3v) is 2.17. The Hall–Kier alpha value is -1.77. The van der Waals surface area contributed by atoms with Crippen LogP contribution in [0.25, 0.3) is 0 Å². The lowest BCUT2D eigenvalue weighted by atomic mass is 10.1. The molecule has 0 saturated carbocycles. The van der Waals surface area contributed by atoms with Gasteiger partial charge in [0.15, 0.2) is 0 Å². The first-order chi connectivity index (χ1) is 7.15. The highest BCUT2D eigenvalue weighted by molar-refractivity contribution is 5.37. The second kappa shape index (κ2) is 3.77. The summed E-state index contributed by atoms with van der Waals surface area (Å²) in [4.78, 5) is 0. The van der Waals surface area contributed by atoms with Gasteiger partial charge >= 0.3 is 0 Å². The molecule has 0 saturated heterocycles. The maximum Gasteiger partial charge on any atom is 0.238 e. The second-order valence-electron chi connectivity index (χ2n) is 3.61. The lowest BCUT2D eigenvalue weighted by Gasteiger charge is -2.06. The monoisotopic (exact) mass is 201 g/mol. The van der Waals surface area contributed by atoms with Crippen LogP contribution in [0.3, 0.4) is 0 Å². The number of rotatable bonds is 2. The van der Waals surface area contributed by atoms with Crippen LogP contribution in [0.1, 0.15) is 11.1 Å². The van der Waals surface area contributed by atoms with Crippen molar-refractivity contribution >= 4 is 0 Å². The van der Waals surface area contributed by atoms with Crippen LogP contribution >= 0.6 is 0 Å². The molecular formula is C12H13N2O. The van der Waals surface area contributed by atoms with E-state index in [2.05, 4.69) is 24.3 Å². The number of aryl methyl sites for hydroxylation is 3. The molecule has 0 aliphatic rings. The Labute approximate surface area is 89.3 Å². The summed E-state index contributed by atoms with van der Waals surface area (Å²) in [5.41, 5.74) is 2.34. The van der Waals surface area contributed by atoms with E-state index < -0.39 is 0 Å². The van der Waals surface area contributed by atoms with Crippen molar-refractivity contribution < 1.29 is 4.74 Å². The zero-order chi connectivity index (χ0) is 10.8. The van der Waals surface area contributed by atoms with Crippen LogP contribution in [0.15, 0.2) is 24.3 Å². The summed E-state index contributed by atoms with van der Waals surface area (Å²) in [7, 11) is 1.81. The van der Waals surface area contributed by atoms with Gasteiger partial charge < -0.3 is 4.74 Å². The predicted octanol–water partition coefficient (Wildman–Crippen LogP) is 2.63. The molecular weight excluding hydrogens is 188 g/mol. The standard InChI is InChI=1S/C12H13N2O/c1-9-4-5-11(10(2)8-9)15-12-6-7-14(3)13-12/h4-6,8H,1-3H3. The Morgan fingerprint density at radius 3 is 2.73 bits per heavy atom. The molecule has 0 bridgehead atoms. The van der Waals surface area contributed by atoms with E-state index in [1.54, 1.807) is 10.7 Å². The topological polar surface area (TPSA) is 27.1 Å². The van der Waals surface area contributed by atoms with Gasteiger partial charge in [0.2, 0.25) is 5.88 Å². The summed E-state index contributed by atoms with van der Waals surface area (Å²) < 4.78 is 7.22. The molecule has 77 valence electrons. The van der Waals surface area contributed by atoms with Gasteiger partial charge in [-0.1, -0.05) is 17.7 Å². The first-order valence-electron chi connectivity index (χ1n) is 4.82. The number of hydrogen-bond donors (Lipinski definition) is 0. The fraction of sp³-hybridized carbons (Fsp3) is 0.250. The number of benzene rings is 1. The quantitative estimate of drug-likeness (QED) is 0.746. The van der Waals surface area contributed by atoms with Crippen LogP contribution in [0.5, 0.6) is 11.6 Å². The molecule has 1 heterocycles. The average molecular weight is 201 g/mol. The normalized spacial score (nSPS) is 10.3. The summed E-state index contributed by atoms with van der Waals surface area (Å²) in [5, 5.41) is 4.11. The van der Waals surface area contributed by atoms with Gasteiger partial charge in [-0.15, -0.1) is 5.10 Å². The molecule has 3 nitrogen and oxygen atoms in total. The van der Waals surface area contributed by atoms with Crippen molar-refractivity contribution in [1.29, 1.82) is 0 Å². The van der Waals surface area contributed by atoms with E-state index in [-0.39, 0.29) is 0 Å². The number of ether oxygens (including phenoxy) is 1. The third-order valence-electron chi connectivity index (χ3n) is 2.17. The summed E-state index contributed by atoms with van der Waals surface area (Å²) >= 11 is 0. The predicted molar refractivity (Wildman–Crippen MR) is 58.0 cm³/mol. The summed E-state index contributed by atoms with van der Waals surface area (Å²) in [6.07, 6.45) is 2.90. The van der Waals surface area contributed by atoms with E-state index in [4.69, 9.17) is 4.74 Å². The van der Waals surface area contributed by atoms with Crippen LogP contribution in [-0.2, 0) is 7.05 Å². The molecule has 0 amide bonds. The first-order valence-corrected chi connectivity index (χ1v) is 4.82. The molecule has 0 N–H and O–H groups in total.